The van der Waals surface area contributed by atoms with Gasteiger partial charge in [0, 0.05) is 24.5 Å². The number of aliphatic carboxylic acids is 2. The molecule has 26 heavy (non-hydrogen) atoms. The van der Waals surface area contributed by atoms with Crippen molar-refractivity contribution in [3.63, 3.8) is 0 Å². The summed E-state index contributed by atoms with van der Waals surface area (Å²) in [6.07, 6.45) is 10.2. The van der Waals surface area contributed by atoms with E-state index in [1.54, 1.807) is 12.2 Å². The first-order valence-corrected chi connectivity index (χ1v) is 8.87. The number of unbranched alkanes of at least 4 members (excludes halogenated alkanes) is 5. The smallest absolute Gasteiger partial charge is 0.330 e. The summed E-state index contributed by atoms with van der Waals surface area (Å²) < 4.78 is 5.69. The zero-order valence-corrected chi connectivity index (χ0v) is 16.0. The number of carboxylic acids is 2. The molecule has 1 unspecified atom stereocenters. The quantitative estimate of drug-likeness (QED) is 0.214. The highest BCUT2D eigenvalue weighted by atomic mass is 16.5. The Morgan fingerprint density at radius 2 is 1.54 bits per heavy atom. The number of likely N-dealkylation sites (N-methyl/N-ethyl adjacent to an activating group) is 1. The van der Waals surface area contributed by atoms with Gasteiger partial charge in [-0.05, 0) is 25.7 Å². The maximum absolute atomic E-state index is 11.8. The fraction of sp³-hybridized carbons (Fsp3) is 0.632. The van der Waals surface area contributed by atoms with Gasteiger partial charge in [-0.2, -0.15) is 0 Å². The molecule has 0 bridgehead atoms. The molecule has 0 aliphatic heterocycles. The number of ether oxygens (including phenoxy) is 1. The molecule has 0 saturated carbocycles. The molecule has 0 aliphatic rings. The number of carbonyl (C=O) groups excluding carboxylic acids is 2. The highest BCUT2D eigenvalue weighted by Crippen LogP contribution is 2.08. The second-order valence-electron chi connectivity index (χ2n) is 7.24. The van der Waals surface area contributed by atoms with Crippen molar-refractivity contribution in [1.82, 2.24) is 0 Å². The molecule has 1 atom stereocenters. The largest absolute Gasteiger partial charge is 0.550 e. The molecule has 0 fully saturated rings. The van der Waals surface area contributed by atoms with Gasteiger partial charge >= 0.3 is 11.9 Å². The maximum atomic E-state index is 11.8. The highest BCUT2D eigenvalue weighted by molar-refractivity contribution is 5.82. The first kappa shape index (κ1) is 23.9. The zero-order chi connectivity index (χ0) is 20.0. The Kier molecular flexibility index (Phi) is 12.0. The standard InChI is InChI=1S/C19H31NO6/c1-20(2,3)15-16(14-18(23)24)26-19(25)13-11-9-7-5-4-6-8-10-12-17(21)22/h10-13,16H,4-9,14-15H2,1-3H3,(H-,21,22,23,24)/b12-10+,13-11+. The van der Waals surface area contributed by atoms with Gasteiger partial charge in [-0.25, -0.2) is 9.59 Å². The predicted molar refractivity (Wildman–Crippen MR) is 96.0 cm³/mol. The summed E-state index contributed by atoms with van der Waals surface area (Å²) in [4.78, 5) is 32.9. The van der Waals surface area contributed by atoms with Gasteiger partial charge < -0.3 is 24.2 Å². The molecule has 0 amide bonds. The van der Waals surface area contributed by atoms with Crippen LogP contribution in [0.2, 0.25) is 0 Å². The average molecular weight is 369 g/mol. The number of carboxylic acid groups (broad SMARTS) is 2. The lowest BCUT2D eigenvalue weighted by molar-refractivity contribution is -0.873. The lowest BCUT2D eigenvalue weighted by Crippen LogP contribution is -2.45. The van der Waals surface area contributed by atoms with E-state index in [4.69, 9.17) is 9.84 Å². The van der Waals surface area contributed by atoms with Crippen LogP contribution in [0.15, 0.2) is 24.3 Å². The molecule has 0 heterocycles. The van der Waals surface area contributed by atoms with Crippen molar-refractivity contribution in [2.75, 3.05) is 27.7 Å². The summed E-state index contributed by atoms with van der Waals surface area (Å²) in [6, 6.07) is 0. The summed E-state index contributed by atoms with van der Waals surface area (Å²) in [5.74, 6) is -2.70. The Balaban J connectivity index is 3.98. The Morgan fingerprint density at radius 3 is 2.00 bits per heavy atom. The zero-order valence-electron chi connectivity index (χ0n) is 16.0. The number of hydrogen-bond donors (Lipinski definition) is 1. The number of hydrogen-bond acceptors (Lipinski definition) is 5. The van der Waals surface area contributed by atoms with Crippen LogP contribution < -0.4 is 5.11 Å². The van der Waals surface area contributed by atoms with Crippen LogP contribution in [0, 0.1) is 0 Å². The number of nitrogens with zero attached hydrogens (tertiary/aromatic N) is 1. The fourth-order valence-electron chi connectivity index (χ4n) is 2.39. The van der Waals surface area contributed by atoms with Crippen LogP contribution in [0.3, 0.4) is 0 Å². The Hall–Kier alpha value is -2.15. The monoisotopic (exact) mass is 369 g/mol. The summed E-state index contributed by atoms with van der Waals surface area (Å²) >= 11 is 0. The second kappa shape index (κ2) is 13.1. The molecule has 0 aromatic heterocycles. The average Bonchev–Trinajstić information content (AvgIpc) is 2.46. The van der Waals surface area contributed by atoms with Crippen molar-refractivity contribution in [3.8, 4) is 0 Å². The van der Waals surface area contributed by atoms with E-state index in [9.17, 15) is 19.5 Å². The fourth-order valence-corrected chi connectivity index (χ4v) is 2.39. The molecule has 0 spiro atoms. The summed E-state index contributed by atoms with van der Waals surface area (Å²) in [6.45, 7) is 0.393. The molecular formula is C19H31NO6. The number of esters is 1. The minimum absolute atomic E-state index is 0.314. The summed E-state index contributed by atoms with van der Waals surface area (Å²) in [5.41, 5.74) is 0. The van der Waals surface area contributed by atoms with Gasteiger partial charge in [0.05, 0.1) is 21.1 Å². The molecular weight excluding hydrogens is 338 g/mol. The minimum Gasteiger partial charge on any atom is -0.550 e. The normalized spacial score (nSPS) is 13.2. The topological polar surface area (TPSA) is 104 Å². The van der Waals surface area contributed by atoms with E-state index >= 15 is 0 Å². The van der Waals surface area contributed by atoms with Gasteiger partial charge in [-0.1, -0.05) is 25.0 Å². The molecule has 0 aromatic carbocycles. The van der Waals surface area contributed by atoms with E-state index in [2.05, 4.69) is 0 Å². The summed E-state index contributed by atoms with van der Waals surface area (Å²) in [5, 5.41) is 19.2. The first-order chi connectivity index (χ1) is 12.1. The third-order valence-corrected chi connectivity index (χ3v) is 3.43. The lowest BCUT2D eigenvalue weighted by atomic mass is 10.1. The number of carbonyl (C=O) groups is 3. The van der Waals surface area contributed by atoms with Crippen molar-refractivity contribution in [3.05, 3.63) is 24.3 Å². The van der Waals surface area contributed by atoms with Crippen LogP contribution >= 0.6 is 0 Å². The molecule has 148 valence electrons. The van der Waals surface area contributed by atoms with Crippen LogP contribution in [0.1, 0.15) is 44.9 Å². The SMILES string of the molecule is C[N+](C)(C)CC(CC(=O)[O-])OC(=O)/C=C/CCCCCC/C=C/C(=O)O. The maximum Gasteiger partial charge on any atom is 0.330 e. The predicted octanol–water partition coefficient (Wildman–Crippen LogP) is 1.28. The summed E-state index contributed by atoms with van der Waals surface area (Å²) in [7, 11) is 5.68. The van der Waals surface area contributed by atoms with E-state index in [0.717, 1.165) is 44.6 Å². The molecule has 7 heteroatoms. The first-order valence-electron chi connectivity index (χ1n) is 8.87. The molecule has 1 N–H and O–H groups in total. The third-order valence-electron chi connectivity index (χ3n) is 3.43. The van der Waals surface area contributed by atoms with Gasteiger partial charge in [0.1, 0.15) is 6.54 Å². The molecule has 0 saturated heterocycles. The number of allylic oxidation sites excluding steroid dienone is 2. The third kappa shape index (κ3) is 16.7. The van der Waals surface area contributed by atoms with Crippen molar-refractivity contribution in [1.29, 1.82) is 0 Å². The number of rotatable bonds is 14. The molecule has 0 aromatic rings. The second-order valence-corrected chi connectivity index (χ2v) is 7.24. The van der Waals surface area contributed by atoms with E-state index in [0.29, 0.717) is 11.0 Å². The van der Waals surface area contributed by atoms with E-state index < -0.39 is 24.0 Å². The van der Waals surface area contributed by atoms with Gasteiger partial charge in [0.25, 0.3) is 0 Å². The van der Waals surface area contributed by atoms with Gasteiger partial charge in [-0.15, -0.1) is 0 Å². The van der Waals surface area contributed by atoms with Gasteiger partial charge in [0.15, 0.2) is 6.10 Å². The minimum atomic E-state index is -1.24. The van der Waals surface area contributed by atoms with E-state index in [1.807, 2.05) is 21.1 Å². The van der Waals surface area contributed by atoms with E-state index in [1.165, 1.54) is 6.08 Å². The Morgan fingerprint density at radius 1 is 1.00 bits per heavy atom. The van der Waals surface area contributed by atoms with E-state index in [-0.39, 0.29) is 6.42 Å². The molecule has 0 rings (SSSR count). The molecule has 0 aliphatic carbocycles. The number of quaternary nitrogens is 1. The van der Waals surface area contributed by atoms with Crippen LogP contribution in [0.5, 0.6) is 0 Å². The Bertz CT molecular complexity index is 505. The lowest BCUT2D eigenvalue weighted by Gasteiger charge is -2.29. The van der Waals surface area contributed by atoms with Crippen LogP contribution in [0.4, 0.5) is 0 Å². The van der Waals surface area contributed by atoms with Crippen LogP contribution in [-0.2, 0) is 19.1 Å². The van der Waals surface area contributed by atoms with Gasteiger partial charge in [0.2, 0.25) is 0 Å². The van der Waals surface area contributed by atoms with Crippen molar-refractivity contribution in [2.24, 2.45) is 0 Å². The molecule has 0 radical (unpaired) electrons. The molecule has 7 nitrogen and oxygen atoms in total. The van der Waals surface area contributed by atoms with Crippen LogP contribution in [0.25, 0.3) is 0 Å². The van der Waals surface area contributed by atoms with Gasteiger partial charge in [-0.3, -0.25) is 0 Å². The van der Waals surface area contributed by atoms with Crippen molar-refractivity contribution in [2.45, 2.75) is 51.0 Å². The van der Waals surface area contributed by atoms with Crippen molar-refractivity contribution < 1.29 is 33.8 Å². The highest BCUT2D eigenvalue weighted by Gasteiger charge is 2.21. The van der Waals surface area contributed by atoms with Crippen LogP contribution in [-0.4, -0.2) is 61.3 Å². The van der Waals surface area contributed by atoms with Crippen molar-refractivity contribution >= 4 is 17.9 Å². The Labute approximate surface area is 155 Å².